The molecule has 0 saturated heterocycles. The lowest BCUT2D eigenvalue weighted by Crippen LogP contribution is -2.05. The monoisotopic (exact) mass is 186 g/mol. The van der Waals surface area contributed by atoms with Crippen LogP contribution < -0.4 is 0 Å². The van der Waals surface area contributed by atoms with Crippen molar-refractivity contribution < 1.29 is 14.6 Å². The Morgan fingerprint density at radius 1 is 1.54 bits per heavy atom. The van der Waals surface area contributed by atoms with Crippen LogP contribution in [0.25, 0.3) is 0 Å². The summed E-state index contributed by atoms with van der Waals surface area (Å²) in [5.74, 6) is -1.03. The third-order valence-electron chi connectivity index (χ3n) is 2.79. The van der Waals surface area contributed by atoms with Gasteiger partial charge in [-0.15, -0.1) is 0 Å². The Hall–Kier alpha value is -0.570. The Morgan fingerprint density at radius 3 is 2.54 bits per heavy atom. The molecule has 0 heterocycles. The molecular formula is C10H18O3. The summed E-state index contributed by atoms with van der Waals surface area (Å²) in [6.45, 7) is 6.68. The van der Waals surface area contributed by atoms with Gasteiger partial charge in [0.15, 0.2) is 0 Å². The summed E-state index contributed by atoms with van der Waals surface area (Å²) in [5, 5.41) is 8.84. The molecule has 0 aromatic carbocycles. The van der Waals surface area contributed by atoms with Crippen molar-refractivity contribution in [3.63, 3.8) is 0 Å². The predicted molar refractivity (Wildman–Crippen MR) is 49.6 cm³/mol. The van der Waals surface area contributed by atoms with E-state index in [4.69, 9.17) is 9.84 Å². The fraction of sp³-hybridized carbons (Fsp3) is 0.900. The van der Waals surface area contributed by atoms with Crippen molar-refractivity contribution in [3.8, 4) is 0 Å². The van der Waals surface area contributed by atoms with Crippen molar-refractivity contribution in [1.29, 1.82) is 0 Å². The average molecular weight is 186 g/mol. The van der Waals surface area contributed by atoms with E-state index >= 15 is 0 Å². The van der Waals surface area contributed by atoms with Crippen LogP contribution in [0.4, 0.5) is 0 Å². The Morgan fingerprint density at radius 2 is 2.15 bits per heavy atom. The molecule has 0 aromatic heterocycles. The molecule has 2 atom stereocenters. The van der Waals surface area contributed by atoms with E-state index in [0.717, 1.165) is 12.8 Å². The summed E-state index contributed by atoms with van der Waals surface area (Å²) in [6.07, 6.45) is 2.03. The van der Waals surface area contributed by atoms with Gasteiger partial charge in [0.05, 0.1) is 12.0 Å². The number of aliphatic carboxylic acids is 1. The second-order valence-electron chi connectivity index (χ2n) is 4.28. The zero-order chi connectivity index (χ0) is 10.1. The fourth-order valence-electron chi connectivity index (χ4n) is 1.70. The van der Waals surface area contributed by atoms with Crippen molar-refractivity contribution >= 4 is 5.97 Å². The largest absolute Gasteiger partial charge is 0.481 e. The molecule has 1 aliphatic rings. The summed E-state index contributed by atoms with van der Waals surface area (Å²) in [5.41, 5.74) is -0.167. The highest BCUT2D eigenvalue weighted by Crippen LogP contribution is 2.54. The molecule has 0 bridgehead atoms. The third kappa shape index (κ3) is 2.02. The van der Waals surface area contributed by atoms with Gasteiger partial charge in [-0.1, -0.05) is 27.2 Å². The first kappa shape index (κ1) is 10.5. The molecule has 0 aromatic rings. The molecule has 0 radical (unpaired) electrons. The number of unbranched alkanes of at least 4 members (excludes halogenated alkanes) is 1. The van der Waals surface area contributed by atoms with Crippen molar-refractivity contribution in [2.24, 2.45) is 11.3 Å². The first-order valence-electron chi connectivity index (χ1n) is 4.86. The highest BCUT2D eigenvalue weighted by atomic mass is 16.5. The molecule has 1 rings (SSSR count). The van der Waals surface area contributed by atoms with Crippen molar-refractivity contribution in [3.05, 3.63) is 0 Å². The van der Waals surface area contributed by atoms with E-state index in [-0.39, 0.29) is 17.4 Å². The van der Waals surface area contributed by atoms with Crippen LogP contribution >= 0.6 is 0 Å². The minimum absolute atomic E-state index is 0.0726. The standard InChI is InChI=1S/C10H18O3/c1-4-5-6-13-8-7(9(11)12)10(8,2)3/h7-8H,4-6H2,1-3H3,(H,11,12). The zero-order valence-electron chi connectivity index (χ0n) is 8.54. The Bertz CT molecular complexity index is 198. The van der Waals surface area contributed by atoms with Crippen LogP contribution in [0.2, 0.25) is 0 Å². The van der Waals surface area contributed by atoms with Gasteiger partial charge in [0.2, 0.25) is 0 Å². The second kappa shape index (κ2) is 3.66. The Balaban J connectivity index is 2.33. The number of carboxylic acid groups (broad SMARTS) is 1. The summed E-state index contributed by atoms with van der Waals surface area (Å²) in [4.78, 5) is 10.7. The van der Waals surface area contributed by atoms with Crippen LogP contribution in [0.1, 0.15) is 33.6 Å². The van der Waals surface area contributed by atoms with Gasteiger partial charge in [-0.05, 0) is 6.42 Å². The minimum atomic E-state index is -0.730. The highest BCUT2D eigenvalue weighted by molar-refractivity contribution is 5.76. The maximum Gasteiger partial charge on any atom is 0.309 e. The molecule has 0 amide bonds. The van der Waals surface area contributed by atoms with Crippen LogP contribution in [0.3, 0.4) is 0 Å². The Kier molecular flexibility index (Phi) is 2.96. The third-order valence-corrected chi connectivity index (χ3v) is 2.79. The van der Waals surface area contributed by atoms with Crippen LogP contribution in [0.15, 0.2) is 0 Å². The number of ether oxygens (including phenoxy) is 1. The first-order chi connectivity index (χ1) is 6.01. The van der Waals surface area contributed by atoms with Gasteiger partial charge >= 0.3 is 5.97 Å². The number of rotatable bonds is 5. The molecule has 1 saturated carbocycles. The molecule has 76 valence electrons. The van der Waals surface area contributed by atoms with Crippen molar-refractivity contribution in [2.45, 2.75) is 39.7 Å². The smallest absolute Gasteiger partial charge is 0.309 e. The minimum Gasteiger partial charge on any atom is -0.481 e. The lowest BCUT2D eigenvalue weighted by molar-refractivity contribution is -0.140. The van der Waals surface area contributed by atoms with E-state index in [2.05, 4.69) is 6.92 Å². The molecule has 1 fully saturated rings. The summed E-state index contributed by atoms with van der Waals surface area (Å²) in [6, 6.07) is 0. The fourth-order valence-corrected chi connectivity index (χ4v) is 1.70. The molecule has 3 heteroatoms. The number of hydrogen-bond donors (Lipinski definition) is 1. The lowest BCUT2D eigenvalue weighted by Gasteiger charge is -2.03. The van der Waals surface area contributed by atoms with E-state index in [0.29, 0.717) is 6.61 Å². The Labute approximate surface area is 79.1 Å². The number of carbonyl (C=O) groups is 1. The maximum absolute atomic E-state index is 10.7. The van der Waals surface area contributed by atoms with Gasteiger partial charge in [0, 0.05) is 12.0 Å². The summed E-state index contributed by atoms with van der Waals surface area (Å²) in [7, 11) is 0. The van der Waals surface area contributed by atoms with Gasteiger partial charge in [-0.3, -0.25) is 4.79 Å². The van der Waals surface area contributed by atoms with Crippen LogP contribution in [0.5, 0.6) is 0 Å². The van der Waals surface area contributed by atoms with Crippen molar-refractivity contribution in [2.75, 3.05) is 6.61 Å². The van der Waals surface area contributed by atoms with E-state index < -0.39 is 5.97 Å². The predicted octanol–water partition coefficient (Wildman–Crippen LogP) is 1.91. The van der Waals surface area contributed by atoms with Crippen LogP contribution in [0, 0.1) is 11.3 Å². The lowest BCUT2D eigenvalue weighted by atomic mass is 10.1. The second-order valence-corrected chi connectivity index (χ2v) is 4.28. The quantitative estimate of drug-likeness (QED) is 0.667. The maximum atomic E-state index is 10.7. The van der Waals surface area contributed by atoms with E-state index in [9.17, 15) is 4.79 Å². The summed E-state index contributed by atoms with van der Waals surface area (Å²) < 4.78 is 5.50. The molecule has 0 aliphatic heterocycles. The van der Waals surface area contributed by atoms with E-state index in [1.54, 1.807) is 0 Å². The first-order valence-corrected chi connectivity index (χ1v) is 4.86. The van der Waals surface area contributed by atoms with Crippen LogP contribution in [-0.4, -0.2) is 23.8 Å². The molecule has 1 aliphatic carbocycles. The SMILES string of the molecule is CCCCOC1C(C(=O)O)C1(C)C. The number of carboxylic acids is 1. The average Bonchev–Trinajstić information content (AvgIpc) is 2.54. The molecule has 0 spiro atoms. The van der Waals surface area contributed by atoms with Gasteiger partial charge in [-0.2, -0.15) is 0 Å². The normalized spacial score (nSPS) is 30.1. The van der Waals surface area contributed by atoms with Gasteiger partial charge in [-0.25, -0.2) is 0 Å². The molecule has 13 heavy (non-hydrogen) atoms. The topological polar surface area (TPSA) is 46.5 Å². The van der Waals surface area contributed by atoms with Gasteiger partial charge < -0.3 is 9.84 Å². The van der Waals surface area contributed by atoms with E-state index in [1.165, 1.54) is 0 Å². The zero-order valence-corrected chi connectivity index (χ0v) is 8.54. The molecule has 3 nitrogen and oxygen atoms in total. The summed E-state index contributed by atoms with van der Waals surface area (Å²) >= 11 is 0. The number of hydrogen-bond acceptors (Lipinski definition) is 2. The van der Waals surface area contributed by atoms with Crippen molar-refractivity contribution in [1.82, 2.24) is 0 Å². The highest BCUT2D eigenvalue weighted by Gasteiger charge is 2.63. The van der Waals surface area contributed by atoms with Crippen LogP contribution in [-0.2, 0) is 9.53 Å². The molecule has 1 N–H and O–H groups in total. The van der Waals surface area contributed by atoms with Gasteiger partial charge in [0.1, 0.15) is 0 Å². The molecule has 2 unspecified atom stereocenters. The van der Waals surface area contributed by atoms with Gasteiger partial charge in [0.25, 0.3) is 0 Å². The molecular weight excluding hydrogens is 168 g/mol. The van der Waals surface area contributed by atoms with E-state index in [1.807, 2.05) is 13.8 Å².